The molecule has 2 aliphatic heterocycles. The third kappa shape index (κ3) is 2.66. The number of carbonyl (C=O) groups is 1. The summed E-state index contributed by atoms with van der Waals surface area (Å²) in [6.45, 7) is 2.09. The number of amides is 1. The summed E-state index contributed by atoms with van der Waals surface area (Å²) in [6.07, 6.45) is 2.29. The second kappa shape index (κ2) is 5.93. The highest BCUT2D eigenvalue weighted by Crippen LogP contribution is 2.46. The maximum absolute atomic E-state index is 11.2. The second-order valence-corrected chi connectivity index (χ2v) is 7.16. The third-order valence-corrected chi connectivity index (χ3v) is 5.56. The first kappa shape index (κ1) is 15.7. The Labute approximate surface area is 150 Å². The number of benzene rings is 1. The lowest BCUT2D eigenvalue weighted by atomic mass is 10.1. The molecule has 3 heterocycles. The van der Waals surface area contributed by atoms with Gasteiger partial charge in [0.15, 0.2) is 6.17 Å². The molecule has 0 saturated carbocycles. The zero-order chi connectivity index (χ0) is 17.6. The molecule has 1 atom stereocenters. The van der Waals surface area contributed by atoms with Crippen molar-refractivity contribution in [3.63, 3.8) is 0 Å². The first-order valence-electron chi connectivity index (χ1n) is 8.04. The minimum absolute atomic E-state index is 0.0187. The van der Waals surface area contributed by atoms with Gasteiger partial charge in [-0.1, -0.05) is 18.2 Å². The number of nitrogens with one attached hydrogen (secondary N) is 2. The molecule has 6 nitrogen and oxygen atoms in total. The highest BCUT2D eigenvalue weighted by atomic mass is 32.1. The number of nitrogens with zero attached hydrogens (tertiary/aromatic N) is 2. The molecule has 1 unspecified atom stereocenters. The molecule has 1 aromatic carbocycles. The van der Waals surface area contributed by atoms with Gasteiger partial charge in [-0.15, -0.1) is 11.3 Å². The number of rotatable bonds is 3. The lowest BCUT2D eigenvalue weighted by Crippen LogP contribution is -2.49. The lowest BCUT2D eigenvalue weighted by Gasteiger charge is -2.33. The van der Waals surface area contributed by atoms with Crippen LogP contribution in [0.2, 0.25) is 0 Å². The van der Waals surface area contributed by atoms with Crippen LogP contribution in [0.15, 0.2) is 47.2 Å². The number of amidine groups is 1. The molecule has 25 heavy (non-hydrogen) atoms. The van der Waals surface area contributed by atoms with Gasteiger partial charge >= 0.3 is 0 Å². The van der Waals surface area contributed by atoms with E-state index in [0.717, 1.165) is 38.2 Å². The van der Waals surface area contributed by atoms with Gasteiger partial charge in [0.1, 0.15) is 10.8 Å². The molecule has 1 amide bonds. The first-order chi connectivity index (χ1) is 12.1. The molecular formula is C18H19N5OS. The Morgan fingerprint density at radius 3 is 3.00 bits per heavy atom. The minimum Gasteiger partial charge on any atom is -0.369 e. The number of thiophene rings is 1. The summed E-state index contributed by atoms with van der Waals surface area (Å²) in [5.41, 5.74) is 9.54. The van der Waals surface area contributed by atoms with E-state index in [0.29, 0.717) is 0 Å². The molecule has 0 aliphatic carbocycles. The largest absolute Gasteiger partial charge is 0.369 e. The minimum atomic E-state index is -0.320. The maximum atomic E-state index is 11.2. The lowest BCUT2D eigenvalue weighted by molar-refractivity contribution is -0.117. The number of carbonyl (C=O) groups excluding carboxylic acids is 1. The molecule has 0 radical (unpaired) electrons. The summed E-state index contributed by atoms with van der Waals surface area (Å²) in [4.78, 5) is 19.0. The van der Waals surface area contributed by atoms with Gasteiger partial charge < -0.3 is 21.3 Å². The zero-order valence-electron chi connectivity index (χ0n) is 14.0. The monoisotopic (exact) mass is 353 g/mol. The van der Waals surface area contributed by atoms with Crippen molar-refractivity contribution < 1.29 is 4.79 Å². The van der Waals surface area contributed by atoms with Crippen LogP contribution in [0.4, 0.5) is 10.7 Å². The molecule has 4 N–H and O–H groups in total. The summed E-state index contributed by atoms with van der Waals surface area (Å²) in [5.74, 6) is 0.576. The molecule has 2 aliphatic rings. The Kier molecular flexibility index (Phi) is 3.73. The van der Waals surface area contributed by atoms with Crippen molar-refractivity contribution in [2.24, 2.45) is 10.7 Å². The fourth-order valence-electron chi connectivity index (χ4n) is 3.24. The number of aliphatic imine (C=N–C) groups is 1. The van der Waals surface area contributed by atoms with Crippen molar-refractivity contribution in [2.75, 3.05) is 17.3 Å². The Morgan fingerprint density at radius 1 is 1.40 bits per heavy atom. The van der Waals surface area contributed by atoms with E-state index < -0.39 is 0 Å². The van der Waals surface area contributed by atoms with Crippen molar-refractivity contribution in [2.45, 2.75) is 19.5 Å². The quantitative estimate of drug-likeness (QED) is 0.792. The maximum Gasteiger partial charge on any atom is 0.221 e. The van der Waals surface area contributed by atoms with E-state index >= 15 is 0 Å². The summed E-state index contributed by atoms with van der Waals surface area (Å²) in [5, 5.41) is 7.94. The molecule has 0 fully saturated rings. The van der Waals surface area contributed by atoms with Crippen LogP contribution in [0.1, 0.15) is 12.5 Å². The molecule has 1 aromatic heterocycles. The van der Waals surface area contributed by atoms with Crippen LogP contribution in [0.3, 0.4) is 0 Å². The van der Waals surface area contributed by atoms with Crippen LogP contribution < -0.4 is 21.3 Å². The molecule has 0 saturated heterocycles. The Balaban J connectivity index is 1.75. The predicted octanol–water partition coefficient (Wildman–Crippen LogP) is 2.49. The normalized spacial score (nSPS) is 19.8. The molecule has 0 bridgehead atoms. The molecule has 4 rings (SSSR count). The van der Waals surface area contributed by atoms with E-state index in [1.165, 1.54) is 0 Å². The van der Waals surface area contributed by atoms with E-state index in [9.17, 15) is 4.79 Å². The number of fused-ring (bicyclic) bond motifs is 3. The van der Waals surface area contributed by atoms with Gasteiger partial charge in [-0.25, -0.2) is 0 Å². The second-order valence-electron chi connectivity index (χ2n) is 6.13. The number of hydrogen-bond acceptors (Lipinski definition) is 5. The molecule has 128 valence electrons. The SMILES string of the molecule is CN=C1Nc2cc(-c3cccc(CC(N)=O)c3)sc2N2C(C)=CNC12. The topological polar surface area (TPSA) is 82.7 Å². The number of anilines is 2. The van der Waals surface area contributed by atoms with Crippen LogP contribution >= 0.6 is 11.3 Å². The Morgan fingerprint density at radius 2 is 2.24 bits per heavy atom. The van der Waals surface area contributed by atoms with Gasteiger partial charge in [-0.2, -0.15) is 0 Å². The van der Waals surface area contributed by atoms with Gasteiger partial charge in [0, 0.05) is 23.8 Å². The van der Waals surface area contributed by atoms with E-state index in [2.05, 4.69) is 39.6 Å². The van der Waals surface area contributed by atoms with Gasteiger partial charge in [-0.3, -0.25) is 9.79 Å². The van der Waals surface area contributed by atoms with Crippen molar-refractivity contribution >= 4 is 33.8 Å². The Hall–Kier alpha value is -2.80. The molecule has 7 heteroatoms. The van der Waals surface area contributed by atoms with E-state index in [-0.39, 0.29) is 18.5 Å². The molecule has 2 aromatic rings. The fourth-order valence-corrected chi connectivity index (χ4v) is 4.44. The highest BCUT2D eigenvalue weighted by molar-refractivity contribution is 7.20. The average Bonchev–Trinajstić information content (AvgIpc) is 3.17. The average molecular weight is 353 g/mol. The van der Waals surface area contributed by atoms with Crippen molar-refractivity contribution in [3.8, 4) is 10.4 Å². The van der Waals surface area contributed by atoms with Crippen LogP contribution in [0.5, 0.6) is 0 Å². The van der Waals surface area contributed by atoms with Gasteiger partial charge in [0.05, 0.1) is 12.1 Å². The summed E-state index contributed by atoms with van der Waals surface area (Å²) in [7, 11) is 1.79. The van der Waals surface area contributed by atoms with Gasteiger partial charge in [-0.05, 0) is 30.2 Å². The van der Waals surface area contributed by atoms with E-state index in [1.54, 1.807) is 18.4 Å². The third-order valence-electron chi connectivity index (χ3n) is 4.37. The zero-order valence-corrected chi connectivity index (χ0v) is 14.9. The number of allylic oxidation sites excluding steroid dienone is 1. The number of nitrogens with two attached hydrogens (primary N) is 1. The molecular weight excluding hydrogens is 334 g/mol. The van der Waals surface area contributed by atoms with Crippen LogP contribution in [0, 0.1) is 0 Å². The fraction of sp³-hybridized carbons (Fsp3) is 0.222. The Bertz CT molecular complexity index is 914. The van der Waals surface area contributed by atoms with Crippen molar-refractivity contribution in [1.29, 1.82) is 0 Å². The van der Waals surface area contributed by atoms with Crippen LogP contribution in [0.25, 0.3) is 10.4 Å². The van der Waals surface area contributed by atoms with Crippen LogP contribution in [-0.4, -0.2) is 25.0 Å². The summed E-state index contributed by atoms with van der Waals surface area (Å²) < 4.78 is 0. The summed E-state index contributed by atoms with van der Waals surface area (Å²) in [6, 6.07) is 10.1. The summed E-state index contributed by atoms with van der Waals surface area (Å²) >= 11 is 1.72. The number of primary amides is 1. The van der Waals surface area contributed by atoms with Crippen molar-refractivity contribution in [1.82, 2.24) is 5.32 Å². The highest BCUT2D eigenvalue weighted by Gasteiger charge is 2.36. The molecule has 0 spiro atoms. The smallest absolute Gasteiger partial charge is 0.221 e. The van der Waals surface area contributed by atoms with E-state index in [4.69, 9.17) is 5.73 Å². The standard InChI is InChI=1S/C18H19N5OS/c1-10-9-21-17-16(20-2)22-13-8-14(25-18(13)23(10)17)12-5-3-4-11(6-12)7-15(19)24/h3-6,8-9,17,21H,7H2,1-2H3,(H2,19,24)(H,20,22). The van der Waals surface area contributed by atoms with Gasteiger partial charge in [0.2, 0.25) is 5.91 Å². The van der Waals surface area contributed by atoms with Crippen LogP contribution in [-0.2, 0) is 11.2 Å². The number of hydrogen-bond donors (Lipinski definition) is 3. The first-order valence-corrected chi connectivity index (χ1v) is 8.85. The van der Waals surface area contributed by atoms with E-state index in [1.807, 2.05) is 24.4 Å². The van der Waals surface area contributed by atoms with Crippen molar-refractivity contribution in [3.05, 3.63) is 47.8 Å². The van der Waals surface area contributed by atoms with Gasteiger partial charge in [0.25, 0.3) is 0 Å². The predicted molar refractivity (Wildman–Crippen MR) is 103 cm³/mol.